The largest absolute Gasteiger partial charge is 0.392 e. The van der Waals surface area contributed by atoms with Gasteiger partial charge in [0.25, 0.3) is 0 Å². The predicted octanol–water partition coefficient (Wildman–Crippen LogP) is 1.90. The molecule has 0 amide bonds. The monoisotopic (exact) mass is 235 g/mol. The molecule has 0 spiro atoms. The number of aromatic nitrogens is 2. The number of rotatable bonds is 2. The molecule has 1 aromatic rings. The highest BCUT2D eigenvalue weighted by Gasteiger charge is 2.26. The van der Waals surface area contributed by atoms with E-state index in [9.17, 15) is 0 Å². The van der Waals surface area contributed by atoms with Gasteiger partial charge < -0.3 is 10.0 Å². The van der Waals surface area contributed by atoms with E-state index in [-0.39, 0.29) is 6.61 Å². The van der Waals surface area contributed by atoms with Gasteiger partial charge in [-0.25, -0.2) is 9.97 Å². The van der Waals surface area contributed by atoms with Crippen LogP contribution in [0.5, 0.6) is 0 Å². The van der Waals surface area contributed by atoms with Gasteiger partial charge in [-0.1, -0.05) is 13.8 Å². The van der Waals surface area contributed by atoms with Crippen molar-refractivity contribution in [3.8, 4) is 0 Å². The fourth-order valence-corrected chi connectivity index (χ4v) is 2.10. The molecular formula is C13H21N3O. The molecule has 0 atom stereocenters. The molecule has 0 aromatic carbocycles. The van der Waals surface area contributed by atoms with Gasteiger partial charge in [-0.3, -0.25) is 0 Å². The minimum Gasteiger partial charge on any atom is -0.392 e. The third-order valence-corrected chi connectivity index (χ3v) is 3.64. The number of aryl methyl sites for hydroxylation is 1. The summed E-state index contributed by atoms with van der Waals surface area (Å²) in [6, 6.07) is 0. The van der Waals surface area contributed by atoms with Gasteiger partial charge in [0, 0.05) is 30.5 Å². The third kappa shape index (κ3) is 2.75. The summed E-state index contributed by atoms with van der Waals surface area (Å²) < 4.78 is 0. The van der Waals surface area contributed by atoms with E-state index in [1.54, 1.807) is 6.20 Å². The molecule has 1 saturated heterocycles. The van der Waals surface area contributed by atoms with Gasteiger partial charge in [-0.15, -0.1) is 0 Å². The predicted molar refractivity (Wildman–Crippen MR) is 67.9 cm³/mol. The van der Waals surface area contributed by atoms with E-state index in [0.29, 0.717) is 5.41 Å². The van der Waals surface area contributed by atoms with Crippen LogP contribution in [0.15, 0.2) is 6.20 Å². The standard InChI is InChI=1S/C13H21N3O/c1-10-11(9-17)8-14-12(15-10)16-6-4-13(2,3)5-7-16/h8,17H,4-7,9H2,1-3H3. The van der Waals surface area contributed by atoms with Crippen molar-refractivity contribution in [1.29, 1.82) is 0 Å². The molecule has 1 aliphatic heterocycles. The van der Waals surface area contributed by atoms with Gasteiger partial charge in [-0.2, -0.15) is 0 Å². The highest BCUT2D eigenvalue weighted by Crippen LogP contribution is 2.31. The molecule has 0 aliphatic carbocycles. The zero-order valence-corrected chi connectivity index (χ0v) is 10.9. The van der Waals surface area contributed by atoms with Crippen LogP contribution in [0.3, 0.4) is 0 Å². The quantitative estimate of drug-likeness (QED) is 0.850. The van der Waals surface area contributed by atoms with E-state index in [0.717, 1.165) is 30.3 Å². The van der Waals surface area contributed by atoms with E-state index in [4.69, 9.17) is 5.11 Å². The molecule has 0 bridgehead atoms. The molecule has 0 radical (unpaired) electrons. The molecule has 1 N–H and O–H groups in total. The Balaban J connectivity index is 2.11. The molecule has 4 heteroatoms. The summed E-state index contributed by atoms with van der Waals surface area (Å²) in [5.74, 6) is 0.801. The third-order valence-electron chi connectivity index (χ3n) is 3.64. The minimum absolute atomic E-state index is 0.0130. The summed E-state index contributed by atoms with van der Waals surface area (Å²) in [6.45, 7) is 8.59. The van der Waals surface area contributed by atoms with Crippen LogP contribution in [0, 0.1) is 12.3 Å². The fraction of sp³-hybridized carbons (Fsp3) is 0.692. The summed E-state index contributed by atoms with van der Waals surface area (Å²) in [5.41, 5.74) is 2.13. The summed E-state index contributed by atoms with van der Waals surface area (Å²) >= 11 is 0. The maximum absolute atomic E-state index is 9.09. The molecule has 1 fully saturated rings. The SMILES string of the molecule is Cc1nc(N2CCC(C)(C)CC2)ncc1CO. The average molecular weight is 235 g/mol. The lowest BCUT2D eigenvalue weighted by Gasteiger charge is -2.36. The normalized spacial score (nSPS) is 19.4. The van der Waals surface area contributed by atoms with Crippen LogP contribution >= 0.6 is 0 Å². The van der Waals surface area contributed by atoms with Gasteiger partial charge in [0.15, 0.2) is 0 Å². The summed E-state index contributed by atoms with van der Waals surface area (Å²) in [4.78, 5) is 11.0. The second-order valence-electron chi connectivity index (χ2n) is 5.59. The van der Waals surface area contributed by atoms with Gasteiger partial charge >= 0.3 is 0 Å². The molecule has 94 valence electrons. The van der Waals surface area contributed by atoms with Crippen molar-refractivity contribution >= 4 is 5.95 Å². The molecule has 0 unspecified atom stereocenters. The lowest BCUT2D eigenvalue weighted by Crippen LogP contribution is -2.38. The summed E-state index contributed by atoms with van der Waals surface area (Å²) in [6.07, 6.45) is 4.09. The minimum atomic E-state index is 0.0130. The van der Waals surface area contributed by atoms with Crippen LogP contribution in [0.2, 0.25) is 0 Å². The topological polar surface area (TPSA) is 49.2 Å². The van der Waals surface area contributed by atoms with Gasteiger partial charge in [0.1, 0.15) is 0 Å². The Morgan fingerprint density at radius 2 is 2.00 bits per heavy atom. The van der Waals surface area contributed by atoms with E-state index in [1.165, 1.54) is 12.8 Å². The maximum atomic E-state index is 9.09. The Bertz CT molecular complexity index is 394. The molecule has 17 heavy (non-hydrogen) atoms. The van der Waals surface area contributed by atoms with Crippen molar-refractivity contribution in [1.82, 2.24) is 9.97 Å². The zero-order chi connectivity index (χ0) is 12.5. The van der Waals surface area contributed by atoms with Crippen molar-refractivity contribution in [2.75, 3.05) is 18.0 Å². The Hall–Kier alpha value is -1.16. The fourth-order valence-electron chi connectivity index (χ4n) is 2.10. The second kappa shape index (κ2) is 4.61. The molecule has 1 aromatic heterocycles. The van der Waals surface area contributed by atoms with Gasteiger partial charge in [-0.05, 0) is 25.2 Å². The smallest absolute Gasteiger partial charge is 0.225 e. The highest BCUT2D eigenvalue weighted by molar-refractivity contribution is 5.33. The highest BCUT2D eigenvalue weighted by atomic mass is 16.3. The van der Waals surface area contributed by atoms with Crippen molar-refractivity contribution in [2.24, 2.45) is 5.41 Å². The van der Waals surface area contributed by atoms with Crippen LogP contribution in [-0.4, -0.2) is 28.2 Å². The lowest BCUT2D eigenvalue weighted by atomic mass is 9.83. The maximum Gasteiger partial charge on any atom is 0.225 e. The van der Waals surface area contributed by atoms with E-state index >= 15 is 0 Å². The van der Waals surface area contributed by atoms with Crippen molar-refractivity contribution in [2.45, 2.75) is 40.2 Å². The van der Waals surface area contributed by atoms with Crippen LogP contribution in [0.25, 0.3) is 0 Å². The first-order valence-electron chi connectivity index (χ1n) is 6.20. The van der Waals surface area contributed by atoms with E-state index in [1.807, 2.05) is 6.92 Å². The molecule has 2 rings (SSSR count). The zero-order valence-electron chi connectivity index (χ0n) is 10.9. The number of nitrogens with zero attached hydrogens (tertiary/aromatic N) is 3. The lowest BCUT2D eigenvalue weighted by molar-refractivity contribution is 0.276. The van der Waals surface area contributed by atoms with E-state index in [2.05, 4.69) is 28.7 Å². The molecule has 4 nitrogen and oxygen atoms in total. The number of aliphatic hydroxyl groups is 1. The first-order valence-corrected chi connectivity index (χ1v) is 6.20. The summed E-state index contributed by atoms with van der Waals surface area (Å²) in [7, 11) is 0. The molecule has 0 saturated carbocycles. The number of piperidine rings is 1. The second-order valence-corrected chi connectivity index (χ2v) is 5.59. The Kier molecular flexibility index (Phi) is 3.33. The number of hydrogen-bond donors (Lipinski definition) is 1. The Morgan fingerprint density at radius 3 is 2.53 bits per heavy atom. The van der Waals surface area contributed by atoms with Gasteiger partial charge in [0.2, 0.25) is 5.95 Å². The number of hydrogen-bond acceptors (Lipinski definition) is 4. The molecule has 1 aliphatic rings. The van der Waals surface area contributed by atoms with Gasteiger partial charge in [0.05, 0.1) is 6.61 Å². The number of anilines is 1. The molecular weight excluding hydrogens is 214 g/mol. The Labute approximate surface area is 103 Å². The van der Waals surface area contributed by atoms with Crippen molar-refractivity contribution in [3.05, 3.63) is 17.5 Å². The Morgan fingerprint density at radius 1 is 1.35 bits per heavy atom. The van der Waals surface area contributed by atoms with Crippen LogP contribution < -0.4 is 4.90 Å². The van der Waals surface area contributed by atoms with Crippen molar-refractivity contribution in [3.63, 3.8) is 0 Å². The van der Waals surface area contributed by atoms with Crippen molar-refractivity contribution < 1.29 is 5.11 Å². The first kappa shape index (κ1) is 12.3. The number of aliphatic hydroxyl groups excluding tert-OH is 1. The average Bonchev–Trinajstić information content (AvgIpc) is 2.29. The molecule has 2 heterocycles. The van der Waals surface area contributed by atoms with Crippen LogP contribution in [0.1, 0.15) is 37.9 Å². The summed E-state index contributed by atoms with van der Waals surface area (Å²) in [5, 5.41) is 9.09. The first-order chi connectivity index (χ1) is 8.02. The van der Waals surface area contributed by atoms with Crippen LogP contribution in [0.4, 0.5) is 5.95 Å². The van der Waals surface area contributed by atoms with Crippen LogP contribution in [-0.2, 0) is 6.61 Å². The van der Waals surface area contributed by atoms with E-state index < -0.39 is 0 Å².